The Labute approximate surface area is 115 Å². The first-order valence-corrected chi connectivity index (χ1v) is 7.78. The van der Waals surface area contributed by atoms with Crippen LogP contribution >= 0.6 is 8.03 Å². The number of esters is 1. The molecule has 0 heterocycles. The summed E-state index contributed by atoms with van der Waals surface area (Å²) in [6.07, 6.45) is 3.36. The van der Waals surface area contributed by atoms with Crippen molar-refractivity contribution in [3.63, 3.8) is 0 Å². The van der Waals surface area contributed by atoms with Gasteiger partial charge in [0.2, 0.25) is 0 Å². The van der Waals surface area contributed by atoms with E-state index in [2.05, 4.69) is 0 Å². The first kappa shape index (κ1) is 15.8. The highest BCUT2D eigenvalue weighted by atomic mass is 31.1. The van der Waals surface area contributed by atoms with Crippen LogP contribution in [0.2, 0.25) is 0 Å². The Kier molecular flexibility index (Phi) is 7.31. The highest BCUT2D eigenvalue weighted by molar-refractivity contribution is 7.39. The zero-order valence-corrected chi connectivity index (χ0v) is 12.3. The molecular weight excluding hydrogens is 263 g/mol. The van der Waals surface area contributed by atoms with Crippen LogP contribution in [0.3, 0.4) is 0 Å². The molecule has 4 nitrogen and oxygen atoms in total. The van der Waals surface area contributed by atoms with Crippen LogP contribution < -0.4 is 0 Å². The second kappa shape index (κ2) is 8.78. The maximum atomic E-state index is 11.5. The van der Waals surface area contributed by atoms with E-state index in [4.69, 9.17) is 9.26 Å². The molecule has 5 heteroatoms. The summed E-state index contributed by atoms with van der Waals surface area (Å²) >= 11 is 0. The minimum absolute atomic E-state index is 0.286. The standard InChI is InChI=1S/C14H20O4P/c1-3-18-14(15)13-9-7-12(8-10-13)6-4-5-11-19(16)17-2/h7-10H,3-6,11H2,1-2H3/q+1. The highest BCUT2D eigenvalue weighted by Crippen LogP contribution is 2.22. The van der Waals surface area contributed by atoms with Gasteiger partial charge < -0.3 is 4.74 Å². The number of benzene rings is 1. The van der Waals surface area contributed by atoms with E-state index in [1.54, 1.807) is 19.1 Å². The van der Waals surface area contributed by atoms with E-state index >= 15 is 0 Å². The first-order valence-electron chi connectivity index (χ1n) is 6.42. The molecule has 104 valence electrons. The minimum Gasteiger partial charge on any atom is -0.462 e. The number of hydrogen-bond donors (Lipinski definition) is 0. The molecule has 0 saturated carbocycles. The van der Waals surface area contributed by atoms with Gasteiger partial charge in [-0.05, 0) is 48.4 Å². The predicted octanol–water partition coefficient (Wildman–Crippen LogP) is 3.57. The second-order valence-electron chi connectivity index (χ2n) is 4.11. The Morgan fingerprint density at radius 2 is 1.89 bits per heavy atom. The molecule has 0 aliphatic rings. The third-order valence-corrected chi connectivity index (χ3v) is 3.81. The van der Waals surface area contributed by atoms with Crippen LogP contribution in [0.5, 0.6) is 0 Å². The van der Waals surface area contributed by atoms with Crippen LogP contribution in [0.25, 0.3) is 0 Å². The molecule has 1 atom stereocenters. The Morgan fingerprint density at radius 1 is 1.21 bits per heavy atom. The molecule has 0 aliphatic carbocycles. The summed E-state index contributed by atoms with van der Waals surface area (Å²) in [4.78, 5) is 11.5. The molecule has 0 spiro atoms. The fourth-order valence-corrected chi connectivity index (χ4v) is 2.35. The van der Waals surface area contributed by atoms with Gasteiger partial charge >= 0.3 is 14.0 Å². The zero-order chi connectivity index (χ0) is 14.1. The van der Waals surface area contributed by atoms with Crippen molar-refractivity contribution in [2.45, 2.75) is 26.2 Å². The van der Waals surface area contributed by atoms with E-state index in [0.29, 0.717) is 18.3 Å². The molecule has 0 aromatic heterocycles. The van der Waals surface area contributed by atoms with Crippen molar-refractivity contribution in [2.75, 3.05) is 19.9 Å². The minimum atomic E-state index is -1.49. The van der Waals surface area contributed by atoms with Crippen LogP contribution in [-0.4, -0.2) is 25.8 Å². The first-order chi connectivity index (χ1) is 9.17. The van der Waals surface area contributed by atoms with E-state index in [-0.39, 0.29) is 5.97 Å². The average molecular weight is 283 g/mol. The van der Waals surface area contributed by atoms with Gasteiger partial charge in [0.15, 0.2) is 6.16 Å². The van der Waals surface area contributed by atoms with Crippen LogP contribution in [0.1, 0.15) is 35.7 Å². The molecule has 1 unspecified atom stereocenters. The summed E-state index contributed by atoms with van der Waals surface area (Å²) in [6, 6.07) is 7.43. The molecule has 0 N–H and O–H groups in total. The number of carbonyl (C=O) groups excluding carboxylic acids is 1. The van der Waals surface area contributed by atoms with Crippen LogP contribution in [0.4, 0.5) is 0 Å². The Bertz CT molecular complexity index is 414. The smallest absolute Gasteiger partial charge is 0.462 e. The maximum Gasteiger partial charge on any atom is 0.507 e. The summed E-state index contributed by atoms with van der Waals surface area (Å²) in [5.74, 6) is -0.286. The topological polar surface area (TPSA) is 52.6 Å². The number of aryl methyl sites for hydroxylation is 1. The highest BCUT2D eigenvalue weighted by Gasteiger charge is 2.12. The largest absolute Gasteiger partial charge is 0.507 e. The Morgan fingerprint density at radius 3 is 2.47 bits per heavy atom. The lowest BCUT2D eigenvalue weighted by Gasteiger charge is -2.03. The lowest BCUT2D eigenvalue weighted by atomic mass is 10.1. The fourth-order valence-electron chi connectivity index (χ4n) is 1.68. The Hall–Kier alpha value is -1.25. The van der Waals surface area contributed by atoms with Crippen LogP contribution in [-0.2, 0) is 20.2 Å². The van der Waals surface area contributed by atoms with Gasteiger partial charge in [-0.2, -0.15) is 0 Å². The normalized spacial score (nSPS) is 11.2. The molecule has 0 radical (unpaired) electrons. The lowest BCUT2D eigenvalue weighted by molar-refractivity contribution is 0.0526. The molecule has 1 aromatic rings. The number of unbranched alkanes of at least 4 members (excludes halogenated alkanes) is 1. The predicted molar refractivity (Wildman–Crippen MR) is 74.8 cm³/mol. The van der Waals surface area contributed by atoms with Crippen molar-refractivity contribution in [3.8, 4) is 0 Å². The second-order valence-corrected chi connectivity index (χ2v) is 5.59. The molecule has 0 fully saturated rings. The number of hydrogen-bond acceptors (Lipinski definition) is 4. The van der Waals surface area contributed by atoms with E-state index < -0.39 is 8.03 Å². The maximum absolute atomic E-state index is 11.5. The van der Waals surface area contributed by atoms with Crippen LogP contribution in [0, 0.1) is 0 Å². The molecule has 0 aliphatic heterocycles. The van der Waals surface area contributed by atoms with E-state index in [1.165, 1.54) is 12.7 Å². The SMILES string of the molecule is CCOC(=O)c1ccc(CCCC[P+](=O)OC)cc1. The number of rotatable bonds is 8. The molecular formula is C14H20O4P+. The van der Waals surface area contributed by atoms with Gasteiger partial charge in [-0.25, -0.2) is 4.79 Å². The van der Waals surface area contributed by atoms with Crippen molar-refractivity contribution in [3.05, 3.63) is 35.4 Å². The van der Waals surface area contributed by atoms with E-state index in [1.807, 2.05) is 12.1 Å². The van der Waals surface area contributed by atoms with Crippen LogP contribution in [0.15, 0.2) is 24.3 Å². The number of carbonyl (C=O) groups is 1. The molecule has 0 bridgehead atoms. The molecule has 0 saturated heterocycles. The summed E-state index contributed by atoms with van der Waals surface area (Å²) in [6.45, 7) is 2.18. The molecule has 19 heavy (non-hydrogen) atoms. The third kappa shape index (κ3) is 5.95. The summed E-state index contributed by atoms with van der Waals surface area (Å²) in [5, 5.41) is 0. The van der Waals surface area contributed by atoms with E-state index in [9.17, 15) is 9.36 Å². The average Bonchev–Trinajstić information content (AvgIpc) is 2.44. The zero-order valence-electron chi connectivity index (χ0n) is 11.4. The number of ether oxygens (including phenoxy) is 1. The van der Waals surface area contributed by atoms with E-state index in [0.717, 1.165) is 19.3 Å². The molecule has 1 rings (SSSR count). The molecule has 1 aromatic carbocycles. The molecule has 0 amide bonds. The van der Waals surface area contributed by atoms with Gasteiger partial charge in [-0.15, -0.1) is 4.52 Å². The Balaban J connectivity index is 2.36. The summed E-state index contributed by atoms with van der Waals surface area (Å²) in [7, 11) is -0.0230. The lowest BCUT2D eigenvalue weighted by Crippen LogP contribution is -2.04. The van der Waals surface area contributed by atoms with Gasteiger partial charge in [0, 0.05) is 0 Å². The van der Waals surface area contributed by atoms with Gasteiger partial charge in [-0.1, -0.05) is 12.1 Å². The monoisotopic (exact) mass is 283 g/mol. The van der Waals surface area contributed by atoms with Crippen molar-refractivity contribution in [1.82, 2.24) is 0 Å². The van der Waals surface area contributed by atoms with Gasteiger partial charge in [0.25, 0.3) is 0 Å². The van der Waals surface area contributed by atoms with Crippen molar-refractivity contribution < 1.29 is 18.6 Å². The third-order valence-electron chi connectivity index (χ3n) is 2.72. The quantitative estimate of drug-likeness (QED) is 0.416. The summed E-state index contributed by atoms with van der Waals surface area (Å²) < 4.78 is 20.7. The summed E-state index contributed by atoms with van der Waals surface area (Å²) in [5.41, 5.74) is 1.74. The van der Waals surface area contributed by atoms with Gasteiger partial charge in [-0.3, -0.25) is 0 Å². The van der Waals surface area contributed by atoms with Crippen molar-refractivity contribution in [2.24, 2.45) is 0 Å². The van der Waals surface area contributed by atoms with Crippen molar-refractivity contribution in [1.29, 1.82) is 0 Å². The van der Waals surface area contributed by atoms with Gasteiger partial charge in [0.05, 0.1) is 19.3 Å². The fraction of sp³-hybridized carbons (Fsp3) is 0.500. The van der Waals surface area contributed by atoms with Gasteiger partial charge in [0.1, 0.15) is 0 Å². The van der Waals surface area contributed by atoms with Crippen molar-refractivity contribution >= 4 is 14.0 Å².